The molecule has 0 aromatic heterocycles. The lowest BCUT2D eigenvalue weighted by Crippen LogP contribution is -2.33. The van der Waals surface area contributed by atoms with Crippen LogP contribution in [-0.4, -0.2) is 25.2 Å². The lowest BCUT2D eigenvalue weighted by Gasteiger charge is -2.14. The predicted molar refractivity (Wildman–Crippen MR) is 75.4 cm³/mol. The summed E-state index contributed by atoms with van der Waals surface area (Å²) in [5.74, 6) is 0.483. The first kappa shape index (κ1) is 15.5. The Morgan fingerprint density at radius 1 is 1.32 bits per heavy atom. The van der Waals surface area contributed by atoms with Gasteiger partial charge in [-0.3, -0.25) is 4.79 Å². The van der Waals surface area contributed by atoms with Crippen LogP contribution in [0.15, 0.2) is 12.1 Å². The Bertz CT molecular complexity index is 443. The predicted octanol–water partition coefficient (Wildman–Crippen LogP) is 2.27. The molecule has 0 aliphatic heterocycles. The number of carbonyl (C=O) groups is 1. The van der Waals surface area contributed by atoms with Crippen molar-refractivity contribution in [3.8, 4) is 5.75 Å². The summed E-state index contributed by atoms with van der Waals surface area (Å²) in [4.78, 5) is 11.4. The second-order valence-corrected chi connectivity index (χ2v) is 4.70. The van der Waals surface area contributed by atoms with Crippen LogP contribution in [-0.2, 0) is 9.53 Å². The second kappa shape index (κ2) is 7.14. The number of rotatable bonds is 6. The van der Waals surface area contributed by atoms with Crippen LogP contribution in [0.4, 0.5) is 0 Å². The van der Waals surface area contributed by atoms with Gasteiger partial charge in [-0.15, -0.1) is 0 Å². The molecule has 0 bridgehead atoms. The van der Waals surface area contributed by atoms with Crippen LogP contribution >= 0.6 is 0 Å². The number of benzene rings is 1. The Kier molecular flexibility index (Phi) is 5.83. The number of hydrogen-bond donors (Lipinski definition) is 1. The van der Waals surface area contributed by atoms with Gasteiger partial charge in [-0.1, -0.05) is 6.07 Å². The molecule has 0 radical (unpaired) electrons. The van der Waals surface area contributed by atoms with Crippen LogP contribution in [0.3, 0.4) is 0 Å². The molecule has 1 atom stereocenters. The van der Waals surface area contributed by atoms with Gasteiger partial charge >= 0.3 is 5.97 Å². The molecular formula is C15H23NO3. The monoisotopic (exact) mass is 265 g/mol. The minimum absolute atomic E-state index is 0.351. The van der Waals surface area contributed by atoms with Gasteiger partial charge in [0.15, 0.2) is 0 Å². The summed E-state index contributed by atoms with van der Waals surface area (Å²) in [6.45, 7) is 8.63. The lowest BCUT2D eigenvalue weighted by molar-refractivity contribution is -0.145. The van der Waals surface area contributed by atoms with E-state index in [1.807, 2.05) is 19.9 Å². The number of nitrogens with two attached hydrogens (primary N) is 1. The fraction of sp³-hybridized carbons (Fsp3) is 0.533. The Labute approximate surface area is 114 Å². The van der Waals surface area contributed by atoms with E-state index in [1.165, 1.54) is 5.56 Å². The molecule has 2 N–H and O–H groups in total. The van der Waals surface area contributed by atoms with E-state index < -0.39 is 6.04 Å². The summed E-state index contributed by atoms with van der Waals surface area (Å²) in [5, 5.41) is 0. The maximum Gasteiger partial charge on any atom is 0.323 e. The zero-order chi connectivity index (χ0) is 14.4. The molecule has 106 valence electrons. The van der Waals surface area contributed by atoms with E-state index in [0.717, 1.165) is 16.9 Å². The summed E-state index contributed by atoms with van der Waals surface area (Å²) in [7, 11) is 0. The van der Waals surface area contributed by atoms with E-state index >= 15 is 0 Å². The molecule has 1 rings (SSSR count). The van der Waals surface area contributed by atoms with Gasteiger partial charge in [0.05, 0.1) is 13.2 Å². The van der Waals surface area contributed by atoms with Crippen molar-refractivity contribution in [2.75, 3.05) is 13.2 Å². The first-order chi connectivity index (χ1) is 8.95. The van der Waals surface area contributed by atoms with Crippen molar-refractivity contribution in [2.45, 2.75) is 40.2 Å². The van der Waals surface area contributed by atoms with Gasteiger partial charge in [0.1, 0.15) is 11.8 Å². The SMILES string of the molecule is CCOC(=O)C(N)CCOc1cc(C)cc(C)c1C. The van der Waals surface area contributed by atoms with Crippen molar-refractivity contribution in [2.24, 2.45) is 5.73 Å². The van der Waals surface area contributed by atoms with Crippen molar-refractivity contribution in [1.82, 2.24) is 0 Å². The molecule has 0 aliphatic rings. The zero-order valence-corrected chi connectivity index (χ0v) is 12.2. The van der Waals surface area contributed by atoms with Crippen LogP contribution in [0.2, 0.25) is 0 Å². The standard InChI is InChI=1S/C15H23NO3/c1-5-18-15(17)13(16)6-7-19-14-9-10(2)8-11(3)12(14)4/h8-9,13H,5-7,16H2,1-4H3. The highest BCUT2D eigenvalue weighted by Gasteiger charge is 2.14. The molecule has 4 heteroatoms. The van der Waals surface area contributed by atoms with Gasteiger partial charge in [0.25, 0.3) is 0 Å². The van der Waals surface area contributed by atoms with E-state index in [0.29, 0.717) is 19.6 Å². The lowest BCUT2D eigenvalue weighted by atomic mass is 10.1. The molecule has 19 heavy (non-hydrogen) atoms. The van der Waals surface area contributed by atoms with E-state index in [2.05, 4.69) is 13.0 Å². The van der Waals surface area contributed by atoms with Crippen LogP contribution in [0, 0.1) is 20.8 Å². The van der Waals surface area contributed by atoms with Gasteiger partial charge in [-0.2, -0.15) is 0 Å². The molecule has 1 aromatic rings. The molecule has 0 spiro atoms. The molecule has 0 saturated carbocycles. The summed E-state index contributed by atoms with van der Waals surface area (Å²) in [6, 6.07) is 3.50. The fourth-order valence-electron chi connectivity index (χ4n) is 1.81. The minimum atomic E-state index is -0.619. The van der Waals surface area contributed by atoms with Crippen molar-refractivity contribution in [3.63, 3.8) is 0 Å². The number of esters is 1. The summed E-state index contributed by atoms with van der Waals surface area (Å²) in [5.41, 5.74) is 9.19. The van der Waals surface area contributed by atoms with Gasteiger partial charge < -0.3 is 15.2 Å². The maximum atomic E-state index is 11.4. The molecule has 0 saturated heterocycles. The van der Waals surface area contributed by atoms with Crippen LogP contribution < -0.4 is 10.5 Å². The van der Waals surface area contributed by atoms with E-state index in [-0.39, 0.29) is 5.97 Å². The van der Waals surface area contributed by atoms with Crippen LogP contribution in [0.5, 0.6) is 5.75 Å². The zero-order valence-electron chi connectivity index (χ0n) is 12.2. The van der Waals surface area contributed by atoms with E-state index in [9.17, 15) is 4.79 Å². The average molecular weight is 265 g/mol. The quantitative estimate of drug-likeness (QED) is 0.801. The van der Waals surface area contributed by atoms with Gasteiger partial charge in [-0.05, 0) is 50.5 Å². The summed E-state index contributed by atoms with van der Waals surface area (Å²) >= 11 is 0. The largest absolute Gasteiger partial charge is 0.493 e. The molecule has 0 amide bonds. The number of ether oxygens (including phenoxy) is 2. The Hall–Kier alpha value is -1.55. The van der Waals surface area contributed by atoms with Crippen molar-refractivity contribution >= 4 is 5.97 Å². The topological polar surface area (TPSA) is 61.5 Å². The molecular weight excluding hydrogens is 242 g/mol. The second-order valence-electron chi connectivity index (χ2n) is 4.70. The number of aryl methyl sites for hydroxylation is 2. The first-order valence-corrected chi connectivity index (χ1v) is 6.58. The Morgan fingerprint density at radius 3 is 2.63 bits per heavy atom. The van der Waals surface area contributed by atoms with Crippen LogP contribution in [0.25, 0.3) is 0 Å². The van der Waals surface area contributed by atoms with E-state index in [1.54, 1.807) is 6.92 Å². The Balaban J connectivity index is 2.52. The normalized spacial score (nSPS) is 12.1. The van der Waals surface area contributed by atoms with Gasteiger partial charge in [0, 0.05) is 6.42 Å². The third kappa shape index (κ3) is 4.56. The first-order valence-electron chi connectivity index (χ1n) is 6.58. The molecule has 0 heterocycles. The highest BCUT2D eigenvalue weighted by Crippen LogP contribution is 2.23. The molecule has 4 nitrogen and oxygen atoms in total. The Morgan fingerprint density at radius 2 is 2.00 bits per heavy atom. The van der Waals surface area contributed by atoms with Crippen molar-refractivity contribution in [3.05, 3.63) is 28.8 Å². The van der Waals surface area contributed by atoms with Crippen LogP contribution in [0.1, 0.15) is 30.0 Å². The van der Waals surface area contributed by atoms with Crippen molar-refractivity contribution in [1.29, 1.82) is 0 Å². The van der Waals surface area contributed by atoms with E-state index in [4.69, 9.17) is 15.2 Å². The molecule has 0 aliphatic carbocycles. The summed E-state index contributed by atoms with van der Waals surface area (Å²) in [6.07, 6.45) is 0.450. The highest BCUT2D eigenvalue weighted by molar-refractivity contribution is 5.75. The third-order valence-corrected chi connectivity index (χ3v) is 3.04. The van der Waals surface area contributed by atoms with Gasteiger partial charge in [-0.25, -0.2) is 0 Å². The molecule has 1 unspecified atom stereocenters. The summed E-state index contributed by atoms with van der Waals surface area (Å²) < 4.78 is 10.6. The van der Waals surface area contributed by atoms with Crippen molar-refractivity contribution < 1.29 is 14.3 Å². The van der Waals surface area contributed by atoms with Gasteiger partial charge in [0.2, 0.25) is 0 Å². The maximum absolute atomic E-state index is 11.4. The molecule has 1 aromatic carbocycles. The average Bonchev–Trinajstić information content (AvgIpc) is 2.35. The third-order valence-electron chi connectivity index (χ3n) is 3.04. The fourth-order valence-corrected chi connectivity index (χ4v) is 1.81. The number of carbonyl (C=O) groups excluding carboxylic acids is 1. The highest BCUT2D eigenvalue weighted by atomic mass is 16.5. The minimum Gasteiger partial charge on any atom is -0.493 e. The smallest absolute Gasteiger partial charge is 0.323 e. The number of hydrogen-bond acceptors (Lipinski definition) is 4. The molecule has 0 fully saturated rings.